The zero-order chi connectivity index (χ0) is 23.9. The zero-order valence-electron chi connectivity index (χ0n) is 18.5. The van der Waals surface area contributed by atoms with Crippen LogP contribution in [0.5, 0.6) is 0 Å². The van der Waals surface area contributed by atoms with Crippen LogP contribution >= 0.6 is 0 Å². The minimum absolute atomic E-state index is 0.0419. The number of aliphatic hydroxyl groups is 1. The van der Waals surface area contributed by atoms with Gasteiger partial charge in [-0.15, -0.1) is 0 Å². The summed E-state index contributed by atoms with van der Waals surface area (Å²) < 4.78 is 47.1. The minimum atomic E-state index is -0.670. The lowest BCUT2D eigenvalue weighted by Crippen LogP contribution is -2.54. The minimum Gasteiger partial charge on any atom is -0.396 e. The van der Waals surface area contributed by atoms with E-state index in [-0.39, 0.29) is 35.8 Å². The number of nitrogens with one attached hydrogen (secondary N) is 3. The van der Waals surface area contributed by atoms with E-state index in [0.717, 1.165) is 24.5 Å². The molecule has 0 radical (unpaired) electrons. The number of fused-ring (bicyclic) bond motifs is 1. The number of aromatic nitrogens is 1. The van der Waals surface area contributed by atoms with Gasteiger partial charge in [-0.25, -0.2) is 18.0 Å². The first-order chi connectivity index (χ1) is 16.4. The van der Waals surface area contributed by atoms with Crippen molar-refractivity contribution in [3.8, 4) is 11.3 Å². The van der Waals surface area contributed by atoms with Gasteiger partial charge in [0.15, 0.2) is 0 Å². The molecule has 1 aliphatic heterocycles. The molecule has 9 heteroatoms. The molecule has 1 saturated heterocycles. The third kappa shape index (κ3) is 4.25. The Morgan fingerprint density at radius 2 is 1.82 bits per heavy atom. The van der Waals surface area contributed by atoms with Crippen LogP contribution in [0.4, 0.5) is 18.0 Å². The highest BCUT2D eigenvalue weighted by molar-refractivity contribution is 5.92. The number of benzene rings is 2. The van der Waals surface area contributed by atoms with Gasteiger partial charge in [0.1, 0.15) is 17.5 Å². The summed E-state index contributed by atoms with van der Waals surface area (Å²) in [7, 11) is 0. The third-order valence-corrected chi connectivity index (χ3v) is 6.97. The molecule has 2 heterocycles. The van der Waals surface area contributed by atoms with E-state index >= 15 is 0 Å². The van der Waals surface area contributed by atoms with Gasteiger partial charge in [0.05, 0.1) is 36.4 Å². The largest absolute Gasteiger partial charge is 0.396 e. The summed E-state index contributed by atoms with van der Waals surface area (Å²) in [6, 6.07) is 7.79. The van der Waals surface area contributed by atoms with E-state index in [0.29, 0.717) is 42.9 Å². The van der Waals surface area contributed by atoms with Crippen molar-refractivity contribution in [3.63, 3.8) is 0 Å². The number of rotatable bonds is 7. The molecular weight excluding hydrogens is 447 g/mol. The number of carbonyl (C=O) groups is 1. The van der Waals surface area contributed by atoms with E-state index in [4.69, 9.17) is 4.74 Å². The first-order valence-electron chi connectivity index (χ1n) is 11.3. The van der Waals surface area contributed by atoms with Gasteiger partial charge in [-0.1, -0.05) is 0 Å². The number of urea groups is 1. The maximum atomic E-state index is 14.5. The molecule has 2 aliphatic rings. The number of aromatic amines is 1. The summed E-state index contributed by atoms with van der Waals surface area (Å²) in [6.07, 6.45) is 1.49. The summed E-state index contributed by atoms with van der Waals surface area (Å²) in [5.74, 6) is -1.42. The molecule has 3 aromatic rings. The Bertz CT molecular complexity index is 1200. The fraction of sp³-hybridized carbons (Fsp3) is 0.400. The lowest BCUT2D eigenvalue weighted by Gasteiger charge is -2.40. The van der Waals surface area contributed by atoms with Crippen molar-refractivity contribution in [2.45, 2.75) is 18.8 Å². The van der Waals surface area contributed by atoms with E-state index < -0.39 is 17.0 Å². The quantitative estimate of drug-likeness (QED) is 0.418. The summed E-state index contributed by atoms with van der Waals surface area (Å²) >= 11 is 0. The summed E-state index contributed by atoms with van der Waals surface area (Å²) in [6.45, 7) is 1.63. The molecule has 1 aromatic heterocycles. The Morgan fingerprint density at radius 1 is 1.09 bits per heavy atom. The van der Waals surface area contributed by atoms with Crippen molar-refractivity contribution in [1.29, 1.82) is 0 Å². The number of hydrogen-bond donors (Lipinski definition) is 4. The van der Waals surface area contributed by atoms with Crippen LogP contribution in [0.1, 0.15) is 24.3 Å². The van der Waals surface area contributed by atoms with E-state index in [2.05, 4.69) is 15.6 Å². The number of carbonyl (C=O) groups excluding carboxylic acids is 1. The first-order valence-corrected chi connectivity index (χ1v) is 11.3. The Labute approximate surface area is 194 Å². The topological polar surface area (TPSA) is 86.4 Å². The number of H-pyrrole nitrogens is 1. The van der Waals surface area contributed by atoms with Gasteiger partial charge in [0.2, 0.25) is 0 Å². The maximum absolute atomic E-state index is 14.5. The Balaban J connectivity index is 1.27. The maximum Gasteiger partial charge on any atom is 0.314 e. The van der Waals surface area contributed by atoms with E-state index in [9.17, 15) is 23.1 Å². The molecule has 4 N–H and O–H groups in total. The molecule has 2 fully saturated rings. The van der Waals surface area contributed by atoms with Gasteiger partial charge < -0.3 is 25.5 Å². The normalized spacial score (nSPS) is 21.1. The average molecular weight is 473 g/mol. The molecule has 1 aliphatic carbocycles. The Morgan fingerprint density at radius 3 is 2.47 bits per heavy atom. The van der Waals surface area contributed by atoms with Crippen molar-refractivity contribution in [2.24, 2.45) is 11.3 Å². The third-order valence-electron chi connectivity index (χ3n) is 6.97. The monoisotopic (exact) mass is 473 g/mol. The van der Waals surface area contributed by atoms with Crippen molar-refractivity contribution in [1.82, 2.24) is 15.6 Å². The van der Waals surface area contributed by atoms with Crippen LogP contribution in [0.25, 0.3) is 22.2 Å². The molecule has 0 unspecified atom stereocenters. The highest BCUT2D eigenvalue weighted by Gasteiger charge is 2.39. The van der Waals surface area contributed by atoms with E-state index in [1.54, 1.807) is 12.1 Å². The average Bonchev–Trinajstić information content (AvgIpc) is 3.12. The fourth-order valence-corrected chi connectivity index (χ4v) is 4.85. The Kier molecular flexibility index (Phi) is 5.99. The number of aliphatic hydroxyl groups excluding tert-OH is 1. The molecule has 180 valence electrons. The van der Waals surface area contributed by atoms with Crippen LogP contribution in [-0.4, -0.2) is 49.0 Å². The zero-order valence-corrected chi connectivity index (χ0v) is 18.5. The summed E-state index contributed by atoms with van der Waals surface area (Å²) in [5.41, 5.74) is 2.01. The van der Waals surface area contributed by atoms with Crippen molar-refractivity contribution in [3.05, 3.63) is 59.4 Å². The highest BCUT2D eigenvalue weighted by atomic mass is 19.1. The van der Waals surface area contributed by atoms with Crippen LogP contribution in [0.3, 0.4) is 0 Å². The van der Waals surface area contributed by atoms with Crippen molar-refractivity contribution < 1.29 is 27.8 Å². The van der Waals surface area contributed by atoms with Crippen LogP contribution < -0.4 is 10.6 Å². The van der Waals surface area contributed by atoms with Gasteiger partial charge >= 0.3 is 6.03 Å². The molecule has 2 aromatic carbocycles. The lowest BCUT2D eigenvalue weighted by atomic mass is 9.70. The summed E-state index contributed by atoms with van der Waals surface area (Å²) in [5, 5.41) is 15.6. The Hall–Kier alpha value is -3.04. The second-order valence-corrected chi connectivity index (χ2v) is 9.48. The SMILES string of the molecule is O=C(NCC1(CO)COC1)NC[C@H]1C[C@H](c2c(-c3ccc(F)cc3)[nH]c3c(F)cc(F)cc32)C1. The van der Waals surface area contributed by atoms with Crippen molar-refractivity contribution >= 4 is 16.9 Å². The van der Waals surface area contributed by atoms with Crippen LogP contribution in [0.2, 0.25) is 0 Å². The molecule has 0 bridgehead atoms. The molecule has 1 saturated carbocycles. The van der Waals surface area contributed by atoms with E-state index in [1.165, 1.54) is 18.2 Å². The van der Waals surface area contributed by atoms with Crippen molar-refractivity contribution in [2.75, 3.05) is 32.9 Å². The smallest absolute Gasteiger partial charge is 0.314 e. The predicted molar refractivity (Wildman–Crippen MR) is 121 cm³/mol. The molecule has 2 amide bonds. The van der Waals surface area contributed by atoms with E-state index in [1.807, 2.05) is 0 Å². The predicted octanol–water partition coefficient (Wildman–Crippen LogP) is 4.05. The molecule has 0 spiro atoms. The molecule has 0 atom stereocenters. The second kappa shape index (κ2) is 8.96. The molecular formula is C25H26F3N3O3. The standard InChI is InChI=1S/C25H26F3N3O3/c26-17-3-1-15(2-4-17)22-21(19-7-18(27)8-20(28)23(19)31-22)16-5-14(6-16)9-29-24(33)30-10-25(11-32)12-34-13-25/h1-4,7-8,14,16,31-32H,5-6,9-13H2,(H2,29,30,33)/t14-,16-. The fourth-order valence-electron chi connectivity index (χ4n) is 4.85. The highest BCUT2D eigenvalue weighted by Crippen LogP contribution is 2.48. The van der Waals surface area contributed by atoms with Gasteiger partial charge in [-0.05, 0) is 66.1 Å². The van der Waals surface area contributed by atoms with Crippen LogP contribution in [0, 0.1) is 28.8 Å². The molecule has 6 nitrogen and oxygen atoms in total. The lowest BCUT2D eigenvalue weighted by molar-refractivity contribution is -0.132. The van der Waals surface area contributed by atoms with Crippen LogP contribution in [-0.2, 0) is 4.74 Å². The number of halogens is 3. The second-order valence-electron chi connectivity index (χ2n) is 9.48. The number of ether oxygens (including phenoxy) is 1. The van der Waals surface area contributed by atoms with Gasteiger partial charge in [0, 0.05) is 24.5 Å². The molecule has 5 rings (SSSR count). The van der Waals surface area contributed by atoms with Gasteiger partial charge in [0.25, 0.3) is 0 Å². The van der Waals surface area contributed by atoms with Gasteiger partial charge in [-0.2, -0.15) is 0 Å². The molecule has 34 heavy (non-hydrogen) atoms. The summed E-state index contributed by atoms with van der Waals surface area (Å²) in [4.78, 5) is 15.2. The van der Waals surface area contributed by atoms with Crippen LogP contribution in [0.15, 0.2) is 36.4 Å². The number of hydrogen-bond acceptors (Lipinski definition) is 3. The van der Waals surface area contributed by atoms with Gasteiger partial charge in [-0.3, -0.25) is 0 Å². The first kappa shape index (κ1) is 22.7. The number of amides is 2.